The maximum absolute atomic E-state index is 11.9. The Morgan fingerprint density at radius 1 is 1.33 bits per heavy atom. The molecule has 0 atom stereocenters. The summed E-state index contributed by atoms with van der Waals surface area (Å²) in [5.74, 6) is 1.63. The molecule has 0 aromatic heterocycles. The van der Waals surface area contributed by atoms with Gasteiger partial charge in [-0.3, -0.25) is 4.79 Å². The van der Waals surface area contributed by atoms with Crippen LogP contribution >= 0.6 is 0 Å². The Morgan fingerprint density at radius 2 is 2.07 bits per heavy atom. The maximum Gasteiger partial charge on any atom is 0.309 e. The molecule has 27 heavy (non-hydrogen) atoms. The van der Waals surface area contributed by atoms with Crippen LogP contribution in [0.5, 0.6) is 5.75 Å². The van der Waals surface area contributed by atoms with E-state index in [1.54, 1.807) is 6.08 Å². The molecule has 0 aliphatic carbocycles. The number of piperidine rings is 1. The van der Waals surface area contributed by atoms with Gasteiger partial charge < -0.3 is 19.7 Å². The number of ether oxygens (including phenoxy) is 2. The van der Waals surface area contributed by atoms with Crippen LogP contribution in [0.15, 0.2) is 41.9 Å². The number of guanidine groups is 1. The Morgan fingerprint density at radius 3 is 2.74 bits per heavy atom. The van der Waals surface area contributed by atoms with Crippen molar-refractivity contribution >= 4 is 11.9 Å². The zero-order valence-electron chi connectivity index (χ0n) is 16.4. The third-order valence-corrected chi connectivity index (χ3v) is 4.48. The number of esters is 1. The molecule has 0 bridgehead atoms. The minimum atomic E-state index is -0.0765. The second kappa shape index (κ2) is 11.3. The Hall–Kier alpha value is -2.50. The fourth-order valence-electron chi connectivity index (χ4n) is 3.10. The highest BCUT2D eigenvalue weighted by atomic mass is 16.5. The highest BCUT2D eigenvalue weighted by molar-refractivity contribution is 5.80. The van der Waals surface area contributed by atoms with Gasteiger partial charge in [-0.05, 0) is 32.8 Å². The monoisotopic (exact) mass is 373 g/mol. The molecule has 1 fully saturated rings. The van der Waals surface area contributed by atoms with Crippen molar-refractivity contribution in [1.29, 1.82) is 0 Å². The second-order valence-electron chi connectivity index (χ2n) is 6.39. The predicted octanol–water partition coefficient (Wildman–Crippen LogP) is 2.99. The highest BCUT2D eigenvalue weighted by Crippen LogP contribution is 2.21. The molecular formula is C21H31N3O3. The van der Waals surface area contributed by atoms with Crippen molar-refractivity contribution in [1.82, 2.24) is 10.2 Å². The summed E-state index contributed by atoms with van der Waals surface area (Å²) in [6, 6.07) is 7.92. The number of carbonyl (C=O) groups excluding carboxylic acids is 1. The van der Waals surface area contributed by atoms with Crippen LogP contribution in [0, 0.1) is 5.92 Å². The number of nitrogens with one attached hydrogen (secondary N) is 1. The number of para-hydroxylation sites is 1. The molecule has 1 N–H and O–H groups in total. The minimum Gasteiger partial charge on any atom is -0.489 e. The van der Waals surface area contributed by atoms with E-state index in [4.69, 9.17) is 14.5 Å². The lowest BCUT2D eigenvalue weighted by molar-refractivity contribution is -0.149. The average Bonchev–Trinajstić information content (AvgIpc) is 2.70. The van der Waals surface area contributed by atoms with Crippen LogP contribution in [0.3, 0.4) is 0 Å². The summed E-state index contributed by atoms with van der Waals surface area (Å²) in [6.45, 7) is 11.4. The van der Waals surface area contributed by atoms with E-state index in [0.29, 0.717) is 19.8 Å². The van der Waals surface area contributed by atoms with Crippen molar-refractivity contribution in [2.75, 3.05) is 32.8 Å². The predicted molar refractivity (Wildman–Crippen MR) is 108 cm³/mol. The van der Waals surface area contributed by atoms with E-state index in [1.165, 1.54) is 0 Å². The van der Waals surface area contributed by atoms with Gasteiger partial charge in [0.2, 0.25) is 0 Å². The van der Waals surface area contributed by atoms with E-state index in [-0.39, 0.29) is 11.9 Å². The molecule has 2 rings (SSSR count). The molecule has 6 heteroatoms. The van der Waals surface area contributed by atoms with Gasteiger partial charge in [-0.2, -0.15) is 0 Å². The number of carbonyl (C=O) groups is 1. The lowest BCUT2D eigenvalue weighted by Gasteiger charge is -2.33. The number of nitrogens with zero attached hydrogens (tertiary/aromatic N) is 2. The third kappa shape index (κ3) is 6.31. The molecule has 1 aromatic carbocycles. The molecule has 0 saturated carbocycles. The van der Waals surface area contributed by atoms with Crippen LogP contribution in [0.4, 0.5) is 0 Å². The maximum atomic E-state index is 11.9. The van der Waals surface area contributed by atoms with E-state index in [1.807, 2.05) is 31.2 Å². The van der Waals surface area contributed by atoms with E-state index in [9.17, 15) is 4.79 Å². The van der Waals surface area contributed by atoms with E-state index in [0.717, 1.165) is 49.7 Å². The lowest BCUT2D eigenvalue weighted by atomic mass is 9.97. The minimum absolute atomic E-state index is 0.00268. The van der Waals surface area contributed by atoms with Crippen molar-refractivity contribution in [3.63, 3.8) is 0 Å². The van der Waals surface area contributed by atoms with Crippen molar-refractivity contribution < 1.29 is 14.3 Å². The fourth-order valence-corrected chi connectivity index (χ4v) is 3.10. The molecule has 0 amide bonds. The smallest absolute Gasteiger partial charge is 0.309 e. The molecule has 0 unspecified atom stereocenters. The lowest BCUT2D eigenvalue weighted by Crippen LogP contribution is -2.46. The summed E-state index contributed by atoms with van der Waals surface area (Å²) in [5, 5.41) is 3.36. The van der Waals surface area contributed by atoms with E-state index in [2.05, 4.69) is 23.7 Å². The average molecular weight is 373 g/mol. The fraction of sp³-hybridized carbons (Fsp3) is 0.524. The zero-order chi connectivity index (χ0) is 19.5. The highest BCUT2D eigenvalue weighted by Gasteiger charge is 2.27. The topological polar surface area (TPSA) is 63.2 Å². The summed E-state index contributed by atoms with van der Waals surface area (Å²) in [6.07, 6.45) is 3.32. The zero-order valence-corrected chi connectivity index (χ0v) is 16.4. The van der Waals surface area contributed by atoms with Crippen LogP contribution in [0.2, 0.25) is 0 Å². The van der Waals surface area contributed by atoms with Crippen molar-refractivity contribution in [2.24, 2.45) is 10.9 Å². The summed E-state index contributed by atoms with van der Waals surface area (Å²) < 4.78 is 10.9. The number of hydrogen-bond acceptors (Lipinski definition) is 4. The Labute approximate surface area is 162 Å². The standard InChI is InChI=1S/C21H31N3O3/c1-4-15-27-19-10-8-7-9-18(19)16-23-21(22-5-2)24-13-11-17(12-14-24)20(25)26-6-3/h4,7-10,17H,1,5-6,11-16H2,2-3H3,(H,22,23). The van der Waals surface area contributed by atoms with Crippen molar-refractivity contribution in [3.05, 3.63) is 42.5 Å². The SMILES string of the molecule is C=CCOc1ccccc1CN=C(NCC)N1CCC(C(=O)OCC)CC1. The van der Waals surface area contributed by atoms with Gasteiger partial charge >= 0.3 is 5.97 Å². The van der Waals surface area contributed by atoms with Crippen molar-refractivity contribution in [3.8, 4) is 5.75 Å². The van der Waals surface area contributed by atoms with Gasteiger partial charge in [-0.15, -0.1) is 0 Å². The van der Waals surface area contributed by atoms with Crippen molar-refractivity contribution in [2.45, 2.75) is 33.2 Å². The molecule has 1 saturated heterocycles. The van der Waals surface area contributed by atoms with Gasteiger partial charge in [0.1, 0.15) is 12.4 Å². The number of aliphatic imine (C=N–C) groups is 1. The van der Waals surface area contributed by atoms with E-state index < -0.39 is 0 Å². The third-order valence-electron chi connectivity index (χ3n) is 4.48. The summed E-state index contributed by atoms with van der Waals surface area (Å²) in [4.78, 5) is 18.9. The molecule has 1 aliphatic rings. The molecule has 148 valence electrons. The first-order valence-corrected chi connectivity index (χ1v) is 9.71. The first-order chi connectivity index (χ1) is 13.2. The van der Waals surface area contributed by atoms with Crippen LogP contribution in [-0.4, -0.2) is 49.7 Å². The van der Waals surface area contributed by atoms with Gasteiger partial charge in [0.25, 0.3) is 0 Å². The van der Waals surface area contributed by atoms with Gasteiger partial charge in [-0.25, -0.2) is 4.99 Å². The normalized spacial score (nSPS) is 15.3. The van der Waals surface area contributed by atoms with Gasteiger partial charge in [0.05, 0.1) is 19.1 Å². The van der Waals surface area contributed by atoms with Crippen LogP contribution in [-0.2, 0) is 16.1 Å². The van der Waals surface area contributed by atoms with Crippen LogP contribution < -0.4 is 10.1 Å². The largest absolute Gasteiger partial charge is 0.489 e. The Bertz CT molecular complexity index is 637. The van der Waals surface area contributed by atoms with E-state index >= 15 is 0 Å². The molecule has 1 heterocycles. The molecule has 1 aliphatic heterocycles. The Kier molecular flexibility index (Phi) is 8.68. The molecule has 0 radical (unpaired) electrons. The first-order valence-electron chi connectivity index (χ1n) is 9.71. The quantitative estimate of drug-likeness (QED) is 0.328. The summed E-state index contributed by atoms with van der Waals surface area (Å²) in [5.41, 5.74) is 1.04. The van der Waals surface area contributed by atoms with Gasteiger partial charge in [0.15, 0.2) is 5.96 Å². The first kappa shape index (κ1) is 20.8. The summed E-state index contributed by atoms with van der Waals surface area (Å²) >= 11 is 0. The molecule has 0 spiro atoms. The second-order valence-corrected chi connectivity index (χ2v) is 6.39. The summed E-state index contributed by atoms with van der Waals surface area (Å²) in [7, 11) is 0. The van der Waals surface area contributed by atoms with Gasteiger partial charge in [-0.1, -0.05) is 30.9 Å². The molecule has 6 nitrogen and oxygen atoms in total. The molecular weight excluding hydrogens is 342 g/mol. The number of likely N-dealkylation sites (tertiary alicyclic amines) is 1. The molecule has 1 aromatic rings. The van der Waals surface area contributed by atoms with Gasteiger partial charge in [0, 0.05) is 25.2 Å². The van der Waals surface area contributed by atoms with Crippen LogP contribution in [0.25, 0.3) is 0 Å². The Balaban J connectivity index is 2.01. The van der Waals surface area contributed by atoms with Crippen LogP contribution in [0.1, 0.15) is 32.3 Å². The number of hydrogen-bond donors (Lipinski definition) is 1. The number of rotatable bonds is 8. The number of benzene rings is 1.